The predicted molar refractivity (Wildman–Crippen MR) is 85.0 cm³/mol. The summed E-state index contributed by atoms with van der Waals surface area (Å²) >= 11 is 0. The Hall–Kier alpha value is -2.14. The first kappa shape index (κ1) is 16.9. The van der Waals surface area contributed by atoms with E-state index < -0.39 is 0 Å². The van der Waals surface area contributed by atoms with E-state index in [1.165, 1.54) is 0 Å². The Morgan fingerprint density at radius 1 is 1.29 bits per heavy atom. The van der Waals surface area contributed by atoms with E-state index in [2.05, 4.69) is 9.97 Å². The van der Waals surface area contributed by atoms with Crippen molar-refractivity contribution in [2.24, 2.45) is 0 Å². The molecular weight excluding hydrogens is 288 g/mol. The number of amides is 1. The molecule has 0 radical (unpaired) electrons. The summed E-state index contributed by atoms with van der Waals surface area (Å²) in [5.74, 6) is 0.0200. The number of nitrogen functional groups attached to an aromatic ring is 1. The van der Waals surface area contributed by atoms with Crippen molar-refractivity contribution in [1.29, 1.82) is 0 Å². The lowest BCUT2D eigenvalue weighted by molar-refractivity contribution is -0.131. The van der Waals surface area contributed by atoms with Crippen LogP contribution >= 0.6 is 12.4 Å². The van der Waals surface area contributed by atoms with Crippen LogP contribution < -0.4 is 5.73 Å². The zero-order valence-electron chi connectivity index (χ0n) is 12.1. The average Bonchev–Trinajstić information content (AvgIpc) is 2.49. The first-order chi connectivity index (χ1) is 9.58. The topological polar surface area (TPSA) is 72.1 Å². The lowest BCUT2D eigenvalue weighted by Gasteiger charge is -2.25. The van der Waals surface area contributed by atoms with E-state index in [1.807, 2.05) is 19.1 Å². The highest BCUT2D eigenvalue weighted by Gasteiger charge is 2.17. The third-order valence-electron chi connectivity index (χ3n) is 3.34. The van der Waals surface area contributed by atoms with Gasteiger partial charge in [0.1, 0.15) is 0 Å². The Bertz CT molecular complexity index is 574. The van der Waals surface area contributed by atoms with Gasteiger partial charge in [-0.25, -0.2) is 0 Å². The molecule has 2 N–H and O–H groups in total. The number of nitrogens with two attached hydrogens (primary N) is 1. The molecule has 5 nitrogen and oxygen atoms in total. The molecule has 112 valence electrons. The fourth-order valence-electron chi connectivity index (χ4n) is 1.90. The second-order valence-electron chi connectivity index (χ2n) is 4.72. The van der Waals surface area contributed by atoms with Crippen molar-refractivity contribution < 1.29 is 4.79 Å². The molecule has 6 heteroatoms. The molecule has 2 heterocycles. The van der Waals surface area contributed by atoms with Crippen LogP contribution in [0.2, 0.25) is 0 Å². The van der Waals surface area contributed by atoms with Gasteiger partial charge in [0.05, 0.1) is 24.3 Å². The number of aromatic nitrogens is 2. The maximum Gasteiger partial charge on any atom is 0.228 e. The molecule has 2 rings (SSSR count). The van der Waals surface area contributed by atoms with E-state index in [4.69, 9.17) is 5.73 Å². The highest BCUT2D eigenvalue weighted by atomic mass is 35.5. The summed E-state index contributed by atoms with van der Waals surface area (Å²) < 4.78 is 0. The summed E-state index contributed by atoms with van der Waals surface area (Å²) in [5, 5.41) is 0. The van der Waals surface area contributed by atoms with Crippen molar-refractivity contribution in [1.82, 2.24) is 14.9 Å². The van der Waals surface area contributed by atoms with E-state index >= 15 is 0 Å². The number of carbonyl (C=O) groups is 1. The summed E-state index contributed by atoms with van der Waals surface area (Å²) in [6.07, 6.45) is 5.29. The van der Waals surface area contributed by atoms with Crippen LogP contribution in [-0.4, -0.2) is 27.8 Å². The van der Waals surface area contributed by atoms with Gasteiger partial charge < -0.3 is 10.6 Å². The molecule has 0 saturated carbocycles. The highest BCUT2D eigenvalue weighted by Crippen LogP contribution is 2.18. The van der Waals surface area contributed by atoms with Crippen LogP contribution in [0.3, 0.4) is 0 Å². The number of anilines is 1. The molecular formula is C15H19ClN4O. The van der Waals surface area contributed by atoms with Crippen LogP contribution in [0.25, 0.3) is 0 Å². The summed E-state index contributed by atoms with van der Waals surface area (Å²) in [4.78, 5) is 22.1. The number of nitrogens with zero attached hydrogens (tertiary/aromatic N) is 3. The van der Waals surface area contributed by atoms with Gasteiger partial charge in [0.15, 0.2) is 0 Å². The lowest BCUT2D eigenvalue weighted by Crippen LogP contribution is -2.31. The van der Waals surface area contributed by atoms with Crippen LogP contribution in [0.5, 0.6) is 0 Å². The molecule has 21 heavy (non-hydrogen) atoms. The first-order valence-corrected chi connectivity index (χ1v) is 6.44. The van der Waals surface area contributed by atoms with Crippen molar-refractivity contribution in [3.63, 3.8) is 0 Å². The van der Waals surface area contributed by atoms with Gasteiger partial charge in [-0.3, -0.25) is 14.8 Å². The number of pyridine rings is 2. The lowest BCUT2D eigenvalue weighted by atomic mass is 10.1. The van der Waals surface area contributed by atoms with Crippen molar-refractivity contribution in [3.8, 4) is 0 Å². The Labute approximate surface area is 130 Å². The van der Waals surface area contributed by atoms with Crippen LogP contribution in [0.15, 0.2) is 42.9 Å². The van der Waals surface area contributed by atoms with Gasteiger partial charge in [0.25, 0.3) is 0 Å². The molecule has 0 aromatic carbocycles. The number of carbonyl (C=O) groups excluding carboxylic acids is 1. The maximum absolute atomic E-state index is 12.3. The summed E-state index contributed by atoms with van der Waals surface area (Å²) in [6, 6.07) is 7.35. The zero-order valence-corrected chi connectivity index (χ0v) is 12.9. The van der Waals surface area contributed by atoms with Crippen molar-refractivity contribution in [2.45, 2.75) is 19.4 Å². The minimum atomic E-state index is -0.000665. The molecule has 1 unspecified atom stereocenters. The van der Waals surface area contributed by atoms with Gasteiger partial charge in [-0.15, -0.1) is 12.4 Å². The van der Waals surface area contributed by atoms with E-state index in [0.29, 0.717) is 5.69 Å². The second-order valence-corrected chi connectivity index (χ2v) is 4.72. The van der Waals surface area contributed by atoms with Gasteiger partial charge in [-0.2, -0.15) is 0 Å². The van der Waals surface area contributed by atoms with E-state index in [0.717, 1.165) is 11.3 Å². The highest BCUT2D eigenvalue weighted by molar-refractivity contribution is 5.85. The van der Waals surface area contributed by atoms with Gasteiger partial charge in [-0.1, -0.05) is 0 Å². The predicted octanol–water partition coefficient (Wildman–Crippen LogP) is 2.24. The first-order valence-electron chi connectivity index (χ1n) is 6.44. The maximum atomic E-state index is 12.3. The summed E-state index contributed by atoms with van der Waals surface area (Å²) in [7, 11) is 1.80. The number of rotatable bonds is 4. The van der Waals surface area contributed by atoms with E-state index in [1.54, 1.807) is 42.7 Å². The van der Waals surface area contributed by atoms with Crippen LogP contribution in [0, 0.1) is 0 Å². The number of hydrogen-bond donors (Lipinski definition) is 1. The van der Waals surface area contributed by atoms with Crippen LogP contribution in [-0.2, 0) is 11.2 Å². The fraction of sp³-hybridized carbons (Fsp3) is 0.267. The average molecular weight is 307 g/mol. The van der Waals surface area contributed by atoms with Crippen molar-refractivity contribution in [2.75, 3.05) is 12.8 Å². The Balaban J connectivity index is 0.00000220. The zero-order chi connectivity index (χ0) is 14.5. The standard InChI is InChI=1S/C15H18N4O.ClH/c1-11(12-5-7-17-8-6-12)19(2)15(20)9-14-4-3-13(16)10-18-14;/h3-8,10-11H,9,16H2,1-2H3;1H. The minimum absolute atomic E-state index is 0. The molecule has 1 amide bonds. The normalized spacial score (nSPS) is 11.3. The van der Waals surface area contributed by atoms with Gasteiger partial charge in [-0.05, 0) is 36.8 Å². The summed E-state index contributed by atoms with van der Waals surface area (Å²) in [5.41, 5.74) is 7.95. The van der Waals surface area contributed by atoms with Gasteiger partial charge in [0, 0.05) is 25.1 Å². The quantitative estimate of drug-likeness (QED) is 0.940. The SMILES string of the molecule is CC(c1ccncc1)N(C)C(=O)Cc1ccc(N)cn1.Cl. The van der Waals surface area contributed by atoms with Crippen LogP contribution in [0.4, 0.5) is 5.69 Å². The molecule has 2 aromatic rings. The van der Waals surface area contributed by atoms with Crippen molar-refractivity contribution >= 4 is 24.0 Å². The largest absolute Gasteiger partial charge is 0.397 e. The van der Waals surface area contributed by atoms with Gasteiger partial charge >= 0.3 is 0 Å². The third kappa shape index (κ3) is 4.43. The molecule has 0 aliphatic heterocycles. The molecule has 0 fully saturated rings. The smallest absolute Gasteiger partial charge is 0.228 e. The van der Waals surface area contributed by atoms with Crippen molar-refractivity contribution in [3.05, 3.63) is 54.1 Å². The second kappa shape index (κ2) is 7.59. The number of halogens is 1. The van der Waals surface area contributed by atoms with Crippen LogP contribution in [0.1, 0.15) is 24.2 Å². The van der Waals surface area contributed by atoms with E-state index in [9.17, 15) is 4.79 Å². The summed E-state index contributed by atoms with van der Waals surface area (Å²) in [6.45, 7) is 1.99. The molecule has 1 atom stereocenters. The van der Waals surface area contributed by atoms with E-state index in [-0.39, 0.29) is 30.8 Å². The molecule has 0 aliphatic carbocycles. The Morgan fingerprint density at radius 2 is 1.95 bits per heavy atom. The molecule has 0 bridgehead atoms. The van der Waals surface area contributed by atoms with Gasteiger partial charge in [0.2, 0.25) is 5.91 Å². The molecule has 2 aromatic heterocycles. The molecule has 0 saturated heterocycles. The molecule has 0 spiro atoms. The Kier molecular flexibility index (Phi) is 6.11. The third-order valence-corrected chi connectivity index (χ3v) is 3.34. The fourth-order valence-corrected chi connectivity index (χ4v) is 1.90. The number of likely N-dealkylation sites (N-methyl/N-ethyl adjacent to an activating group) is 1. The monoisotopic (exact) mass is 306 g/mol. The minimum Gasteiger partial charge on any atom is -0.397 e. The number of hydrogen-bond acceptors (Lipinski definition) is 4. The molecule has 0 aliphatic rings. The Morgan fingerprint density at radius 3 is 2.52 bits per heavy atom.